The lowest BCUT2D eigenvalue weighted by Crippen LogP contribution is -2.52. The smallest absolute Gasteiger partial charge is 0.407 e. The number of amides is 2. The van der Waals surface area contributed by atoms with Gasteiger partial charge in [-0.25, -0.2) is 4.79 Å². The van der Waals surface area contributed by atoms with E-state index < -0.39 is 5.60 Å². The molecule has 0 aromatic rings. The lowest BCUT2D eigenvalue weighted by Gasteiger charge is -2.39. The Morgan fingerprint density at radius 2 is 1.67 bits per heavy atom. The molecule has 27 heavy (non-hydrogen) atoms. The molecule has 1 aliphatic heterocycles. The van der Waals surface area contributed by atoms with Crippen LogP contribution in [0.1, 0.15) is 79.6 Å². The van der Waals surface area contributed by atoms with Gasteiger partial charge in [0.25, 0.3) is 0 Å². The van der Waals surface area contributed by atoms with Crippen LogP contribution in [0.15, 0.2) is 0 Å². The molecule has 0 radical (unpaired) electrons. The van der Waals surface area contributed by atoms with E-state index in [9.17, 15) is 9.59 Å². The fraction of sp³-hybridized carbons (Fsp3) is 0.905. The minimum Gasteiger partial charge on any atom is -0.444 e. The van der Waals surface area contributed by atoms with Crippen molar-refractivity contribution in [2.45, 2.75) is 103 Å². The summed E-state index contributed by atoms with van der Waals surface area (Å²) in [6, 6.07) is 0.801. The summed E-state index contributed by atoms with van der Waals surface area (Å²) >= 11 is 0. The number of hydrogen-bond donors (Lipinski definition) is 1. The minimum absolute atomic E-state index is 0.130. The van der Waals surface area contributed by atoms with Crippen LogP contribution in [-0.4, -0.2) is 65.2 Å². The normalized spacial score (nSPS) is 20.5. The summed E-state index contributed by atoms with van der Waals surface area (Å²) in [5.74, 6) is 0.260. The predicted molar refractivity (Wildman–Crippen MR) is 108 cm³/mol. The van der Waals surface area contributed by atoms with E-state index in [2.05, 4.69) is 29.0 Å². The zero-order valence-corrected chi connectivity index (χ0v) is 17.9. The van der Waals surface area contributed by atoms with Crippen LogP contribution in [-0.2, 0) is 9.53 Å². The highest BCUT2D eigenvalue weighted by molar-refractivity contribution is 5.79. The standard InChI is InChI=1S/C21H39N3O3/c1-16(2)24(18-9-7-6-8-10-18)19(25)15-23-13-11-17(12-14-23)22-20(26)27-21(3,4)5/h16-18H,6-15H2,1-5H3,(H,22,26). The highest BCUT2D eigenvalue weighted by Gasteiger charge is 2.30. The fourth-order valence-corrected chi connectivity index (χ4v) is 4.26. The highest BCUT2D eigenvalue weighted by atomic mass is 16.6. The maximum Gasteiger partial charge on any atom is 0.407 e. The van der Waals surface area contributed by atoms with E-state index >= 15 is 0 Å². The molecular formula is C21H39N3O3. The molecule has 1 saturated carbocycles. The molecule has 2 amide bonds. The van der Waals surface area contributed by atoms with Crippen molar-refractivity contribution in [3.05, 3.63) is 0 Å². The number of ether oxygens (including phenoxy) is 1. The van der Waals surface area contributed by atoms with Crippen LogP contribution in [0.2, 0.25) is 0 Å². The summed E-state index contributed by atoms with van der Waals surface area (Å²) in [4.78, 5) is 29.2. The minimum atomic E-state index is -0.476. The number of nitrogens with zero attached hydrogens (tertiary/aromatic N) is 2. The average Bonchev–Trinajstić information content (AvgIpc) is 2.55. The van der Waals surface area contributed by atoms with Crippen molar-refractivity contribution in [3.8, 4) is 0 Å². The van der Waals surface area contributed by atoms with Gasteiger partial charge in [-0.2, -0.15) is 0 Å². The number of alkyl carbamates (subject to hydrolysis) is 1. The third-order valence-corrected chi connectivity index (χ3v) is 5.48. The van der Waals surface area contributed by atoms with Crippen molar-refractivity contribution < 1.29 is 14.3 Å². The SMILES string of the molecule is CC(C)N(C(=O)CN1CCC(NC(=O)OC(C)(C)C)CC1)C1CCCCC1. The number of nitrogens with one attached hydrogen (secondary N) is 1. The van der Waals surface area contributed by atoms with Gasteiger partial charge in [-0.05, 0) is 60.3 Å². The second kappa shape index (κ2) is 9.76. The molecule has 0 aromatic carbocycles. The second-order valence-electron chi connectivity index (χ2n) is 9.38. The summed E-state index contributed by atoms with van der Waals surface area (Å²) in [6.45, 7) is 12.0. The van der Waals surface area contributed by atoms with Crippen molar-refractivity contribution >= 4 is 12.0 Å². The number of carbonyl (C=O) groups excluding carboxylic acids is 2. The lowest BCUT2D eigenvalue weighted by molar-refractivity contribution is -0.137. The number of carbonyl (C=O) groups is 2. The molecule has 2 aliphatic rings. The summed E-state index contributed by atoms with van der Waals surface area (Å²) in [7, 11) is 0. The van der Waals surface area contributed by atoms with Crippen LogP contribution in [0.3, 0.4) is 0 Å². The predicted octanol–water partition coefficient (Wildman–Crippen LogP) is 3.55. The first-order chi connectivity index (χ1) is 12.7. The maximum absolute atomic E-state index is 13.0. The van der Waals surface area contributed by atoms with Crippen molar-refractivity contribution in [3.63, 3.8) is 0 Å². The van der Waals surface area contributed by atoms with Crippen LogP contribution >= 0.6 is 0 Å². The van der Waals surface area contributed by atoms with Crippen molar-refractivity contribution in [2.24, 2.45) is 0 Å². The summed E-state index contributed by atoms with van der Waals surface area (Å²) in [6.07, 6.45) is 7.44. The highest BCUT2D eigenvalue weighted by Crippen LogP contribution is 2.24. The molecular weight excluding hydrogens is 342 g/mol. The van der Waals surface area contributed by atoms with E-state index in [1.807, 2.05) is 20.8 Å². The molecule has 156 valence electrons. The van der Waals surface area contributed by atoms with E-state index in [4.69, 9.17) is 4.74 Å². The molecule has 2 fully saturated rings. The van der Waals surface area contributed by atoms with Crippen molar-refractivity contribution in [2.75, 3.05) is 19.6 Å². The fourth-order valence-electron chi connectivity index (χ4n) is 4.26. The molecule has 1 N–H and O–H groups in total. The monoisotopic (exact) mass is 381 g/mol. The zero-order chi connectivity index (χ0) is 20.0. The Morgan fingerprint density at radius 1 is 1.07 bits per heavy atom. The van der Waals surface area contributed by atoms with E-state index in [0.29, 0.717) is 12.6 Å². The summed E-state index contributed by atoms with van der Waals surface area (Å²) < 4.78 is 5.33. The molecule has 1 aliphatic carbocycles. The van der Waals surface area contributed by atoms with E-state index in [1.165, 1.54) is 19.3 Å². The van der Waals surface area contributed by atoms with E-state index in [-0.39, 0.29) is 24.1 Å². The second-order valence-corrected chi connectivity index (χ2v) is 9.38. The molecule has 0 atom stereocenters. The van der Waals surface area contributed by atoms with Gasteiger partial charge in [0.15, 0.2) is 0 Å². The third-order valence-electron chi connectivity index (χ3n) is 5.48. The first-order valence-corrected chi connectivity index (χ1v) is 10.7. The van der Waals surface area contributed by atoms with Gasteiger partial charge in [0.1, 0.15) is 5.60 Å². The van der Waals surface area contributed by atoms with Gasteiger partial charge in [0, 0.05) is 31.2 Å². The zero-order valence-electron chi connectivity index (χ0n) is 17.9. The Hall–Kier alpha value is -1.30. The van der Waals surface area contributed by atoms with Crippen LogP contribution in [0, 0.1) is 0 Å². The van der Waals surface area contributed by atoms with Gasteiger partial charge < -0.3 is 15.0 Å². The molecule has 0 unspecified atom stereocenters. The lowest BCUT2D eigenvalue weighted by atomic mass is 9.93. The van der Waals surface area contributed by atoms with Crippen LogP contribution in [0.4, 0.5) is 4.79 Å². The van der Waals surface area contributed by atoms with Gasteiger partial charge >= 0.3 is 6.09 Å². The Morgan fingerprint density at radius 3 is 2.19 bits per heavy atom. The van der Waals surface area contributed by atoms with Crippen LogP contribution in [0.25, 0.3) is 0 Å². The van der Waals surface area contributed by atoms with E-state index in [1.54, 1.807) is 0 Å². The van der Waals surface area contributed by atoms with Crippen LogP contribution in [0.5, 0.6) is 0 Å². The van der Waals surface area contributed by atoms with E-state index in [0.717, 1.165) is 38.8 Å². The molecule has 1 saturated heterocycles. The molecule has 0 spiro atoms. The van der Waals surface area contributed by atoms with Crippen molar-refractivity contribution in [1.82, 2.24) is 15.1 Å². The molecule has 0 aromatic heterocycles. The van der Waals surface area contributed by atoms with Gasteiger partial charge in [0.05, 0.1) is 6.54 Å². The average molecular weight is 382 g/mol. The number of likely N-dealkylation sites (tertiary alicyclic amines) is 1. The molecule has 6 nitrogen and oxygen atoms in total. The first-order valence-electron chi connectivity index (χ1n) is 10.7. The van der Waals surface area contributed by atoms with Gasteiger partial charge in [-0.3, -0.25) is 9.69 Å². The first kappa shape index (κ1) is 22.0. The summed E-state index contributed by atoms with van der Waals surface area (Å²) in [5.41, 5.74) is -0.476. The molecule has 6 heteroatoms. The van der Waals surface area contributed by atoms with Crippen LogP contribution < -0.4 is 5.32 Å². The largest absolute Gasteiger partial charge is 0.444 e. The Labute approximate surface area is 165 Å². The topological polar surface area (TPSA) is 61.9 Å². The number of rotatable bonds is 5. The van der Waals surface area contributed by atoms with Gasteiger partial charge in [-0.1, -0.05) is 19.3 Å². The summed E-state index contributed by atoms with van der Waals surface area (Å²) in [5, 5.41) is 2.96. The number of piperidine rings is 1. The molecule has 2 rings (SSSR count). The number of hydrogen-bond acceptors (Lipinski definition) is 4. The maximum atomic E-state index is 13.0. The third kappa shape index (κ3) is 7.32. The molecule has 0 bridgehead atoms. The Balaban J connectivity index is 1.78. The quantitative estimate of drug-likeness (QED) is 0.791. The Kier molecular flexibility index (Phi) is 7.95. The van der Waals surface area contributed by atoms with Gasteiger partial charge in [0.2, 0.25) is 5.91 Å². The van der Waals surface area contributed by atoms with Gasteiger partial charge in [-0.15, -0.1) is 0 Å². The Bertz CT molecular complexity index is 487. The molecule has 1 heterocycles. The van der Waals surface area contributed by atoms with Crippen molar-refractivity contribution in [1.29, 1.82) is 0 Å².